The minimum atomic E-state index is -0.0605. The summed E-state index contributed by atoms with van der Waals surface area (Å²) in [5.74, 6) is -0.0605. The Bertz CT molecular complexity index is 432. The van der Waals surface area contributed by atoms with Crippen LogP contribution in [-0.2, 0) is 9.53 Å². The molecule has 0 bridgehead atoms. The molecule has 2 atom stereocenters. The molecule has 21 heavy (non-hydrogen) atoms. The van der Waals surface area contributed by atoms with Crippen molar-refractivity contribution in [3.8, 4) is 0 Å². The Morgan fingerprint density at radius 1 is 1.29 bits per heavy atom. The number of hydrogen-bond acceptors (Lipinski definition) is 3. The second-order valence-corrected chi connectivity index (χ2v) is 5.84. The van der Waals surface area contributed by atoms with Crippen molar-refractivity contribution in [2.75, 3.05) is 13.2 Å². The molecule has 3 nitrogen and oxygen atoms in total. The molecule has 3 heteroatoms. The zero-order chi connectivity index (χ0) is 15.1. The molecule has 1 aliphatic heterocycles. The molecular formula is C18H27NO2. The van der Waals surface area contributed by atoms with Gasteiger partial charge in [0.05, 0.1) is 13.0 Å². The summed E-state index contributed by atoms with van der Waals surface area (Å²) >= 11 is 0. The van der Waals surface area contributed by atoms with Crippen LogP contribution in [0.1, 0.15) is 57.6 Å². The van der Waals surface area contributed by atoms with Gasteiger partial charge in [0.1, 0.15) is 0 Å². The molecule has 1 fully saturated rings. The number of rotatable bonds is 5. The average molecular weight is 289 g/mol. The standard InChI is InChI=1S/C18H27NO2/c1-3-21-18(20)14-17-12-8-5-9-13-19(17)15(2)16-10-6-4-7-11-16/h4,6-7,10-11,15,17H,3,5,8-9,12-14H2,1-2H3/t15-,17-/m0/s1. The summed E-state index contributed by atoms with van der Waals surface area (Å²) in [6.07, 6.45) is 5.30. The maximum absolute atomic E-state index is 11.9. The van der Waals surface area contributed by atoms with Crippen molar-refractivity contribution in [1.29, 1.82) is 0 Å². The van der Waals surface area contributed by atoms with E-state index in [0.717, 1.165) is 13.0 Å². The second kappa shape index (κ2) is 8.18. The fourth-order valence-corrected chi connectivity index (χ4v) is 3.26. The molecular weight excluding hydrogens is 262 g/mol. The maximum atomic E-state index is 11.9. The summed E-state index contributed by atoms with van der Waals surface area (Å²) in [4.78, 5) is 14.4. The summed E-state index contributed by atoms with van der Waals surface area (Å²) in [5.41, 5.74) is 1.33. The lowest BCUT2D eigenvalue weighted by atomic mass is 10.0. The van der Waals surface area contributed by atoms with Gasteiger partial charge in [0, 0.05) is 12.1 Å². The molecule has 1 heterocycles. The molecule has 1 aromatic carbocycles. The topological polar surface area (TPSA) is 29.5 Å². The van der Waals surface area contributed by atoms with E-state index in [1.54, 1.807) is 0 Å². The summed E-state index contributed by atoms with van der Waals surface area (Å²) in [5, 5.41) is 0. The van der Waals surface area contributed by atoms with E-state index >= 15 is 0 Å². The van der Waals surface area contributed by atoms with E-state index in [-0.39, 0.29) is 5.97 Å². The zero-order valence-electron chi connectivity index (χ0n) is 13.3. The first kappa shape index (κ1) is 16.0. The van der Waals surface area contributed by atoms with Gasteiger partial charge < -0.3 is 4.74 Å². The molecule has 0 saturated carbocycles. The van der Waals surface area contributed by atoms with Crippen LogP contribution in [0.2, 0.25) is 0 Å². The van der Waals surface area contributed by atoms with Gasteiger partial charge in [-0.05, 0) is 38.8 Å². The molecule has 0 unspecified atom stereocenters. The highest BCUT2D eigenvalue weighted by Gasteiger charge is 2.28. The minimum Gasteiger partial charge on any atom is -0.466 e. The van der Waals surface area contributed by atoms with E-state index in [4.69, 9.17) is 4.74 Å². The lowest BCUT2D eigenvalue weighted by Crippen LogP contribution is -2.38. The Hall–Kier alpha value is -1.35. The quantitative estimate of drug-likeness (QED) is 0.769. The predicted molar refractivity (Wildman–Crippen MR) is 85.1 cm³/mol. The molecule has 0 spiro atoms. The number of carbonyl (C=O) groups excluding carboxylic acids is 1. The normalized spacial score (nSPS) is 21.5. The fraction of sp³-hybridized carbons (Fsp3) is 0.611. The van der Waals surface area contributed by atoms with Gasteiger partial charge in [0.2, 0.25) is 0 Å². The van der Waals surface area contributed by atoms with E-state index in [9.17, 15) is 4.79 Å². The van der Waals surface area contributed by atoms with Gasteiger partial charge >= 0.3 is 5.97 Å². The third-order valence-corrected chi connectivity index (χ3v) is 4.41. The highest BCUT2D eigenvalue weighted by Crippen LogP contribution is 2.29. The lowest BCUT2D eigenvalue weighted by Gasteiger charge is -2.35. The summed E-state index contributed by atoms with van der Waals surface area (Å²) in [6, 6.07) is 11.2. The first-order valence-electron chi connectivity index (χ1n) is 8.18. The number of carbonyl (C=O) groups is 1. The summed E-state index contributed by atoms with van der Waals surface area (Å²) < 4.78 is 5.15. The van der Waals surface area contributed by atoms with E-state index in [2.05, 4.69) is 42.2 Å². The molecule has 0 radical (unpaired) electrons. The zero-order valence-corrected chi connectivity index (χ0v) is 13.3. The van der Waals surface area contributed by atoms with Crippen molar-refractivity contribution < 1.29 is 9.53 Å². The number of esters is 1. The Kier molecular flexibility index (Phi) is 6.24. The molecule has 1 aliphatic rings. The summed E-state index contributed by atoms with van der Waals surface area (Å²) in [7, 11) is 0. The van der Waals surface area contributed by atoms with Crippen LogP contribution in [0.25, 0.3) is 0 Å². The van der Waals surface area contributed by atoms with Gasteiger partial charge in [-0.25, -0.2) is 0 Å². The minimum absolute atomic E-state index is 0.0605. The highest BCUT2D eigenvalue weighted by atomic mass is 16.5. The number of nitrogens with zero attached hydrogens (tertiary/aromatic N) is 1. The highest BCUT2D eigenvalue weighted by molar-refractivity contribution is 5.70. The van der Waals surface area contributed by atoms with Gasteiger partial charge in [-0.3, -0.25) is 9.69 Å². The van der Waals surface area contributed by atoms with Crippen LogP contribution in [0.3, 0.4) is 0 Å². The number of likely N-dealkylation sites (tertiary alicyclic amines) is 1. The van der Waals surface area contributed by atoms with Crippen LogP contribution in [0.4, 0.5) is 0 Å². The molecule has 1 saturated heterocycles. The van der Waals surface area contributed by atoms with Gasteiger partial charge in [0.25, 0.3) is 0 Å². The fourth-order valence-electron chi connectivity index (χ4n) is 3.26. The Labute approximate surface area is 128 Å². The summed E-state index contributed by atoms with van der Waals surface area (Å²) in [6.45, 7) is 5.66. The van der Waals surface area contributed by atoms with Gasteiger partial charge in [-0.1, -0.05) is 43.2 Å². The Balaban J connectivity index is 2.09. The van der Waals surface area contributed by atoms with E-state index in [1.165, 1.54) is 24.8 Å². The van der Waals surface area contributed by atoms with Gasteiger partial charge in [0.15, 0.2) is 0 Å². The van der Waals surface area contributed by atoms with Crippen LogP contribution in [0, 0.1) is 0 Å². The van der Waals surface area contributed by atoms with Crippen molar-refractivity contribution >= 4 is 5.97 Å². The predicted octanol–water partition coefficient (Wildman–Crippen LogP) is 3.95. The monoisotopic (exact) mass is 289 g/mol. The third-order valence-electron chi connectivity index (χ3n) is 4.41. The van der Waals surface area contributed by atoms with E-state index in [1.807, 2.05) is 6.92 Å². The van der Waals surface area contributed by atoms with Gasteiger partial charge in [-0.2, -0.15) is 0 Å². The molecule has 116 valence electrons. The molecule has 0 aliphatic carbocycles. The molecule has 0 aromatic heterocycles. The number of benzene rings is 1. The van der Waals surface area contributed by atoms with Crippen molar-refractivity contribution in [2.24, 2.45) is 0 Å². The van der Waals surface area contributed by atoms with Crippen LogP contribution in [-0.4, -0.2) is 30.1 Å². The molecule has 0 N–H and O–H groups in total. The van der Waals surface area contributed by atoms with Crippen LogP contribution in [0.15, 0.2) is 30.3 Å². The second-order valence-electron chi connectivity index (χ2n) is 5.84. The number of ether oxygens (including phenoxy) is 1. The van der Waals surface area contributed by atoms with Crippen LogP contribution in [0.5, 0.6) is 0 Å². The van der Waals surface area contributed by atoms with E-state index < -0.39 is 0 Å². The van der Waals surface area contributed by atoms with Crippen LogP contribution >= 0.6 is 0 Å². The first-order chi connectivity index (χ1) is 10.2. The molecule has 0 amide bonds. The first-order valence-corrected chi connectivity index (χ1v) is 8.18. The molecule has 1 aromatic rings. The Morgan fingerprint density at radius 2 is 2.05 bits per heavy atom. The lowest BCUT2D eigenvalue weighted by molar-refractivity contribution is -0.144. The SMILES string of the molecule is CCOC(=O)C[C@@H]1CCCCCN1[C@@H](C)c1ccccc1. The maximum Gasteiger partial charge on any atom is 0.307 e. The van der Waals surface area contributed by atoms with Gasteiger partial charge in [-0.15, -0.1) is 0 Å². The molecule has 2 rings (SSSR count). The Morgan fingerprint density at radius 3 is 2.76 bits per heavy atom. The van der Waals surface area contributed by atoms with Crippen LogP contribution < -0.4 is 0 Å². The number of hydrogen-bond donors (Lipinski definition) is 0. The smallest absolute Gasteiger partial charge is 0.307 e. The third kappa shape index (κ3) is 4.57. The van der Waals surface area contributed by atoms with Crippen molar-refractivity contribution in [1.82, 2.24) is 4.90 Å². The largest absolute Gasteiger partial charge is 0.466 e. The van der Waals surface area contributed by atoms with Crippen molar-refractivity contribution in [3.05, 3.63) is 35.9 Å². The van der Waals surface area contributed by atoms with Crippen molar-refractivity contribution in [3.63, 3.8) is 0 Å². The van der Waals surface area contributed by atoms with E-state index in [0.29, 0.717) is 25.1 Å². The van der Waals surface area contributed by atoms with Crippen molar-refractivity contribution in [2.45, 2.75) is 58.0 Å². The average Bonchev–Trinajstić information content (AvgIpc) is 2.73.